The van der Waals surface area contributed by atoms with E-state index in [-0.39, 0.29) is 6.61 Å². The van der Waals surface area contributed by atoms with Gasteiger partial charge in [0.05, 0.1) is 23.5 Å². The topological polar surface area (TPSA) is 89.0 Å². The minimum atomic E-state index is -0.934. The zero-order valence-corrected chi connectivity index (χ0v) is 19.2. The van der Waals surface area contributed by atoms with Crippen LogP contribution in [0.2, 0.25) is 10.0 Å². The van der Waals surface area contributed by atoms with Gasteiger partial charge in [0.1, 0.15) is 6.61 Å². The van der Waals surface area contributed by atoms with Gasteiger partial charge in [0.15, 0.2) is 11.5 Å². The fourth-order valence-electron chi connectivity index (χ4n) is 2.72. The number of carbonyl (C=O) groups excluding carboxylic acids is 2. The van der Waals surface area contributed by atoms with Crippen LogP contribution in [0.5, 0.6) is 11.5 Å². The molecule has 3 aromatic carbocycles. The summed E-state index contributed by atoms with van der Waals surface area (Å²) in [6.45, 7) is 2.57. The van der Waals surface area contributed by atoms with Gasteiger partial charge in [-0.05, 0) is 48.9 Å². The summed E-state index contributed by atoms with van der Waals surface area (Å²) < 4.78 is 11.5. The molecule has 0 spiro atoms. The number of amides is 2. The lowest BCUT2D eigenvalue weighted by Gasteiger charge is -2.13. The Labute approximate surface area is 201 Å². The third-order valence-corrected chi connectivity index (χ3v) is 5.01. The molecule has 2 N–H and O–H groups in total. The number of nitrogens with zero attached hydrogens (tertiary/aromatic N) is 1. The third kappa shape index (κ3) is 6.97. The van der Waals surface area contributed by atoms with Crippen molar-refractivity contribution in [2.45, 2.75) is 13.5 Å². The highest BCUT2D eigenvalue weighted by Gasteiger charge is 2.14. The monoisotopic (exact) mass is 485 g/mol. The van der Waals surface area contributed by atoms with Gasteiger partial charge < -0.3 is 14.8 Å². The standard InChI is InChI=1S/C24H21Cl2N3O4/c1-2-32-22-13-16(11-12-21(22)33-15-17-7-3-4-8-18(17)25)14-27-29-24(31)23(30)28-20-10-6-5-9-19(20)26/h3-14H,2,15H2,1H3,(H,28,30)(H,29,31). The number of para-hydroxylation sites is 1. The second-order valence-electron chi connectivity index (χ2n) is 6.65. The van der Waals surface area contributed by atoms with Crippen LogP contribution in [-0.4, -0.2) is 24.6 Å². The molecule has 33 heavy (non-hydrogen) atoms. The Hall–Kier alpha value is -3.55. The number of anilines is 1. The number of benzene rings is 3. The van der Waals surface area contributed by atoms with Gasteiger partial charge in [-0.2, -0.15) is 5.10 Å². The number of ether oxygens (including phenoxy) is 2. The first-order chi connectivity index (χ1) is 16.0. The van der Waals surface area contributed by atoms with Crippen molar-refractivity contribution in [2.75, 3.05) is 11.9 Å². The lowest BCUT2D eigenvalue weighted by Crippen LogP contribution is -2.32. The van der Waals surface area contributed by atoms with Crippen molar-refractivity contribution >= 4 is 46.9 Å². The number of carbonyl (C=O) groups is 2. The molecule has 2 amide bonds. The van der Waals surface area contributed by atoms with Crippen LogP contribution in [0.25, 0.3) is 0 Å². The number of rotatable bonds is 8. The number of halogens is 2. The maximum atomic E-state index is 12.0. The van der Waals surface area contributed by atoms with E-state index in [1.165, 1.54) is 6.21 Å². The lowest BCUT2D eigenvalue weighted by molar-refractivity contribution is -0.136. The Balaban J connectivity index is 1.61. The Bertz CT molecular complexity index is 1170. The average Bonchev–Trinajstić information content (AvgIpc) is 2.81. The molecule has 0 heterocycles. The zero-order valence-electron chi connectivity index (χ0n) is 17.7. The van der Waals surface area contributed by atoms with Crippen LogP contribution in [0.15, 0.2) is 71.8 Å². The van der Waals surface area contributed by atoms with Gasteiger partial charge in [0, 0.05) is 10.6 Å². The molecule has 0 radical (unpaired) electrons. The van der Waals surface area contributed by atoms with Gasteiger partial charge in [0.2, 0.25) is 0 Å². The van der Waals surface area contributed by atoms with Crippen LogP contribution in [0.4, 0.5) is 5.69 Å². The van der Waals surface area contributed by atoms with Gasteiger partial charge in [0.25, 0.3) is 0 Å². The maximum Gasteiger partial charge on any atom is 0.329 e. The van der Waals surface area contributed by atoms with Crippen molar-refractivity contribution in [1.29, 1.82) is 0 Å². The Morgan fingerprint density at radius 2 is 1.64 bits per heavy atom. The summed E-state index contributed by atoms with van der Waals surface area (Å²) in [6, 6.07) is 19.2. The molecule has 3 aromatic rings. The van der Waals surface area contributed by atoms with E-state index in [9.17, 15) is 9.59 Å². The third-order valence-electron chi connectivity index (χ3n) is 4.32. The predicted octanol–water partition coefficient (Wildman–Crippen LogP) is 5.06. The molecule has 0 bridgehead atoms. The van der Waals surface area contributed by atoms with Crippen molar-refractivity contribution in [3.63, 3.8) is 0 Å². The van der Waals surface area contributed by atoms with E-state index < -0.39 is 11.8 Å². The first-order valence-electron chi connectivity index (χ1n) is 10.00. The van der Waals surface area contributed by atoms with Gasteiger partial charge >= 0.3 is 11.8 Å². The van der Waals surface area contributed by atoms with Gasteiger partial charge in [-0.1, -0.05) is 53.5 Å². The quantitative estimate of drug-likeness (QED) is 0.265. The molecule has 0 aliphatic rings. The summed E-state index contributed by atoms with van der Waals surface area (Å²) in [7, 11) is 0. The van der Waals surface area contributed by atoms with E-state index in [2.05, 4.69) is 15.8 Å². The number of nitrogens with one attached hydrogen (secondary N) is 2. The molecule has 0 unspecified atom stereocenters. The lowest BCUT2D eigenvalue weighted by atomic mass is 10.2. The van der Waals surface area contributed by atoms with Gasteiger partial charge in [-0.15, -0.1) is 0 Å². The van der Waals surface area contributed by atoms with E-state index in [0.717, 1.165) is 5.56 Å². The van der Waals surface area contributed by atoms with Crippen LogP contribution in [0.1, 0.15) is 18.1 Å². The highest BCUT2D eigenvalue weighted by atomic mass is 35.5. The molecule has 0 atom stereocenters. The molecule has 0 aliphatic heterocycles. The highest BCUT2D eigenvalue weighted by molar-refractivity contribution is 6.41. The van der Waals surface area contributed by atoms with E-state index in [0.29, 0.717) is 39.4 Å². The van der Waals surface area contributed by atoms with E-state index >= 15 is 0 Å². The molecule has 0 fully saturated rings. The minimum absolute atomic E-state index is 0.282. The molecule has 0 saturated heterocycles. The van der Waals surface area contributed by atoms with Crippen molar-refractivity contribution in [1.82, 2.24) is 5.43 Å². The van der Waals surface area contributed by atoms with Crippen molar-refractivity contribution < 1.29 is 19.1 Å². The summed E-state index contributed by atoms with van der Waals surface area (Å²) in [5, 5.41) is 7.19. The largest absolute Gasteiger partial charge is 0.490 e. The van der Waals surface area contributed by atoms with Crippen LogP contribution in [-0.2, 0) is 16.2 Å². The first-order valence-corrected chi connectivity index (χ1v) is 10.8. The van der Waals surface area contributed by atoms with Crippen LogP contribution in [0.3, 0.4) is 0 Å². The van der Waals surface area contributed by atoms with Crippen molar-refractivity contribution in [3.8, 4) is 11.5 Å². The normalized spacial score (nSPS) is 10.6. The number of hydrogen-bond donors (Lipinski definition) is 2. The second kappa shape index (κ2) is 11.9. The highest BCUT2D eigenvalue weighted by Crippen LogP contribution is 2.29. The van der Waals surface area contributed by atoms with Gasteiger partial charge in [-0.25, -0.2) is 5.43 Å². The number of hydrazone groups is 1. The van der Waals surface area contributed by atoms with Gasteiger partial charge in [-0.3, -0.25) is 9.59 Å². The Morgan fingerprint density at radius 1 is 0.909 bits per heavy atom. The molecule has 0 aromatic heterocycles. The smallest absolute Gasteiger partial charge is 0.329 e. The Kier molecular flexibility index (Phi) is 8.69. The van der Waals surface area contributed by atoms with Crippen molar-refractivity contribution in [2.24, 2.45) is 5.10 Å². The zero-order chi connectivity index (χ0) is 23.6. The molecule has 170 valence electrons. The molecule has 7 nitrogen and oxygen atoms in total. The fourth-order valence-corrected chi connectivity index (χ4v) is 3.09. The minimum Gasteiger partial charge on any atom is -0.490 e. The molecular weight excluding hydrogens is 465 g/mol. The molecule has 0 aliphatic carbocycles. The summed E-state index contributed by atoms with van der Waals surface area (Å²) in [6.07, 6.45) is 1.39. The summed E-state index contributed by atoms with van der Waals surface area (Å²) in [4.78, 5) is 24.0. The maximum absolute atomic E-state index is 12.0. The second-order valence-corrected chi connectivity index (χ2v) is 7.47. The van der Waals surface area contributed by atoms with E-state index in [4.69, 9.17) is 32.7 Å². The predicted molar refractivity (Wildman–Crippen MR) is 129 cm³/mol. The fraction of sp³-hybridized carbons (Fsp3) is 0.125. The molecule has 3 rings (SSSR count). The summed E-state index contributed by atoms with van der Waals surface area (Å²) in [5.41, 5.74) is 4.00. The average molecular weight is 486 g/mol. The van der Waals surface area contributed by atoms with Crippen LogP contribution < -0.4 is 20.2 Å². The Morgan fingerprint density at radius 3 is 2.36 bits per heavy atom. The first kappa shape index (κ1) is 24.1. The van der Waals surface area contributed by atoms with E-state index in [1.54, 1.807) is 48.5 Å². The molecular formula is C24H21Cl2N3O4. The van der Waals surface area contributed by atoms with Crippen LogP contribution >= 0.6 is 23.2 Å². The number of hydrogen-bond acceptors (Lipinski definition) is 5. The SMILES string of the molecule is CCOc1cc(C=NNC(=O)C(=O)Nc2ccccc2Cl)ccc1OCc1ccccc1Cl. The molecule has 0 saturated carbocycles. The van der Waals surface area contributed by atoms with Crippen molar-refractivity contribution in [3.05, 3.63) is 87.9 Å². The molecule has 9 heteroatoms. The van der Waals surface area contributed by atoms with E-state index in [1.807, 2.05) is 25.1 Å². The summed E-state index contributed by atoms with van der Waals surface area (Å²) in [5.74, 6) is -0.775. The van der Waals surface area contributed by atoms with Crippen LogP contribution in [0, 0.1) is 0 Å². The summed E-state index contributed by atoms with van der Waals surface area (Å²) >= 11 is 12.1.